The molecule has 0 unspecified atom stereocenters. The highest BCUT2D eigenvalue weighted by Crippen LogP contribution is 2.34. The molecule has 1 aliphatic rings. The molecule has 174 valence electrons. The highest BCUT2D eigenvalue weighted by molar-refractivity contribution is 7.99. The highest BCUT2D eigenvalue weighted by Gasteiger charge is 2.17. The fraction of sp³-hybridized carbons (Fsp3) is 0.348. The van der Waals surface area contributed by atoms with Gasteiger partial charge in [-0.05, 0) is 37.3 Å². The van der Waals surface area contributed by atoms with Crippen molar-refractivity contribution in [2.24, 2.45) is 0 Å². The first-order valence-corrected chi connectivity index (χ1v) is 11.6. The van der Waals surface area contributed by atoms with Gasteiger partial charge in [-0.3, -0.25) is 4.79 Å². The second-order valence-corrected chi connectivity index (χ2v) is 8.11. The van der Waals surface area contributed by atoms with E-state index in [9.17, 15) is 4.79 Å². The number of anilines is 1. The molecule has 33 heavy (non-hydrogen) atoms. The number of benzene rings is 2. The third-order valence-corrected chi connectivity index (χ3v) is 6.01. The maximum absolute atomic E-state index is 12.6. The first-order valence-electron chi connectivity index (χ1n) is 10.6. The number of hydrogen-bond donors (Lipinski definition) is 1. The van der Waals surface area contributed by atoms with E-state index < -0.39 is 0 Å². The number of amides is 1. The first kappa shape index (κ1) is 22.8. The zero-order valence-electron chi connectivity index (χ0n) is 18.8. The van der Waals surface area contributed by atoms with Crippen LogP contribution >= 0.6 is 11.8 Å². The Labute approximate surface area is 196 Å². The predicted molar refractivity (Wildman–Crippen MR) is 126 cm³/mol. The number of nitrogens with one attached hydrogen (secondary N) is 1. The number of aromatic nitrogens is 3. The molecule has 1 aromatic heterocycles. The number of nitrogens with zero attached hydrogens (tertiary/aromatic N) is 3. The number of thioether (sulfide) groups is 1. The van der Waals surface area contributed by atoms with Crippen molar-refractivity contribution < 1.29 is 23.7 Å². The van der Waals surface area contributed by atoms with Gasteiger partial charge in [-0.15, -0.1) is 10.2 Å². The number of ether oxygens (including phenoxy) is 4. The van der Waals surface area contributed by atoms with Gasteiger partial charge in [0.05, 0.1) is 33.2 Å². The third kappa shape index (κ3) is 5.16. The van der Waals surface area contributed by atoms with Crippen molar-refractivity contribution in [3.8, 4) is 34.4 Å². The standard InChI is InChI=1S/C23H26N4O5S/c1-4-27-22(15-6-8-17(29-2)19(12-15)30-3)25-26-23(27)33-14-21(28)24-16-7-9-18-20(13-16)32-11-5-10-31-18/h6-9,12-13H,4-5,10-11,14H2,1-3H3,(H,24,28). The number of carbonyl (C=O) groups is 1. The quantitative estimate of drug-likeness (QED) is 0.496. The molecule has 1 amide bonds. The molecule has 2 heterocycles. The molecule has 0 saturated carbocycles. The normalized spacial score (nSPS) is 12.7. The van der Waals surface area contributed by atoms with Crippen LogP contribution in [0.1, 0.15) is 13.3 Å². The van der Waals surface area contributed by atoms with Crippen molar-refractivity contribution in [3.63, 3.8) is 0 Å². The number of methoxy groups -OCH3 is 2. The van der Waals surface area contributed by atoms with Crippen molar-refractivity contribution in [2.45, 2.75) is 25.0 Å². The Bertz CT molecular complexity index is 1130. The molecule has 4 rings (SSSR count). The zero-order chi connectivity index (χ0) is 23.2. The van der Waals surface area contributed by atoms with Crippen LogP contribution < -0.4 is 24.3 Å². The third-order valence-electron chi connectivity index (χ3n) is 5.04. The fourth-order valence-corrected chi connectivity index (χ4v) is 4.24. The van der Waals surface area contributed by atoms with E-state index in [1.807, 2.05) is 35.8 Å². The van der Waals surface area contributed by atoms with Gasteiger partial charge in [0.25, 0.3) is 0 Å². The number of carbonyl (C=O) groups excluding carboxylic acids is 1. The van der Waals surface area contributed by atoms with E-state index in [0.29, 0.717) is 59.4 Å². The Morgan fingerprint density at radius 1 is 1.06 bits per heavy atom. The average Bonchev–Trinajstić information content (AvgIpc) is 3.11. The van der Waals surface area contributed by atoms with Gasteiger partial charge < -0.3 is 28.8 Å². The Kier molecular flexibility index (Phi) is 7.23. The molecule has 10 heteroatoms. The maximum Gasteiger partial charge on any atom is 0.234 e. The summed E-state index contributed by atoms with van der Waals surface area (Å²) in [6.45, 7) is 3.88. The fourth-order valence-electron chi connectivity index (χ4n) is 3.44. The second-order valence-electron chi connectivity index (χ2n) is 7.17. The smallest absolute Gasteiger partial charge is 0.234 e. The Morgan fingerprint density at radius 3 is 2.61 bits per heavy atom. The summed E-state index contributed by atoms with van der Waals surface area (Å²) in [5.41, 5.74) is 1.51. The number of hydrogen-bond acceptors (Lipinski definition) is 8. The molecule has 0 bridgehead atoms. The van der Waals surface area contributed by atoms with Crippen molar-refractivity contribution >= 4 is 23.4 Å². The minimum atomic E-state index is -0.146. The molecule has 0 aliphatic carbocycles. The van der Waals surface area contributed by atoms with E-state index in [4.69, 9.17) is 18.9 Å². The lowest BCUT2D eigenvalue weighted by atomic mass is 10.2. The Balaban J connectivity index is 1.43. The van der Waals surface area contributed by atoms with Crippen LogP contribution in [0.2, 0.25) is 0 Å². The lowest BCUT2D eigenvalue weighted by molar-refractivity contribution is -0.113. The van der Waals surface area contributed by atoms with Gasteiger partial charge in [0.15, 0.2) is 34.0 Å². The van der Waals surface area contributed by atoms with Crippen LogP contribution in [0.3, 0.4) is 0 Å². The number of fused-ring (bicyclic) bond motifs is 1. The van der Waals surface area contributed by atoms with Crippen molar-refractivity contribution in [3.05, 3.63) is 36.4 Å². The SMILES string of the molecule is CCn1c(SCC(=O)Nc2ccc3c(c2)OCCCO3)nnc1-c1ccc(OC)c(OC)c1. The second kappa shape index (κ2) is 10.5. The lowest BCUT2D eigenvalue weighted by Gasteiger charge is -2.11. The van der Waals surface area contributed by atoms with Crippen molar-refractivity contribution in [1.82, 2.24) is 14.8 Å². The summed E-state index contributed by atoms with van der Waals surface area (Å²) in [6, 6.07) is 11.0. The van der Waals surface area contributed by atoms with E-state index in [0.717, 1.165) is 12.0 Å². The molecule has 1 N–H and O–H groups in total. The lowest BCUT2D eigenvalue weighted by Crippen LogP contribution is -2.14. The van der Waals surface area contributed by atoms with E-state index in [-0.39, 0.29) is 11.7 Å². The highest BCUT2D eigenvalue weighted by atomic mass is 32.2. The van der Waals surface area contributed by atoms with Crippen LogP contribution in [0.5, 0.6) is 23.0 Å². The molecule has 0 fully saturated rings. The summed E-state index contributed by atoms with van der Waals surface area (Å²) in [4.78, 5) is 12.6. The molecule has 3 aromatic rings. The minimum Gasteiger partial charge on any atom is -0.493 e. The molecule has 0 spiro atoms. The topological polar surface area (TPSA) is 96.7 Å². The van der Waals surface area contributed by atoms with Crippen LogP contribution in [-0.2, 0) is 11.3 Å². The molecule has 1 aliphatic heterocycles. The van der Waals surface area contributed by atoms with Crippen LogP contribution in [0, 0.1) is 0 Å². The van der Waals surface area contributed by atoms with Crippen molar-refractivity contribution in [2.75, 3.05) is 38.5 Å². The van der Waals surface area contributed by atoms with Crippen LogP contribution in [0.4, 0.5) is 5.69 Å². The largest absolute Gasteiger partial charge is 0.493 e. The van der Waals surface area contributed by atoms with Gasteiger partial charge in [-0.1, -0.05) is 11.8 Å². The van der Waals surface area contributed by atoms with Crippen LogP contribution in [-0.4, -0.2) is 53.9 Å². The van der Waals surface area contributed by atoms with E-state index in [2.05, 4.69) is 15.5 Å². The molecular weight excluding hydrogens is 444 g/mol. The van der Waals surface area contributed by atoms with E-state index in [1.54, 1.807) is 26.4 Å². The van der Waals surface area contributed by atoms with Crippen molar-refractivity contribution in [1.29, 1.82) is 0 Å². The van der Waals surface area contributed by atoms with E-state index >= 15 is 0 Å². The van der Waals surface area contributed by atoms with Gasteiger partial charge in [0.1, 0.15) is 0 Å². The molecule has 0 radical (unpaired) electrons. The molecule has 9 nitrogen and oxygen atoms in total. The summed E-state index contributed by atoms with van der Waals surface area (Å²) < 4.78 is 24.0. The molecule has 2 aromatic carbocycles. The van der Waals surface area contributed by atoms with Gasteiger partial charge in [0.2, 0.25) is 5.91 Å². The van der Waals surface area contributed by atoms with Crippen LogP contribution in [0.25, 0.3) is 11.4 Å². The van der Waals surface area contributed by atoms with Gasteiger partial charge in [-0.25, -0.2) is 0 Å². The summed E-state index contributed by atoms with van der Waals surface area (Å²) >= 11 is 1.33. The Morgan fingerprint density at radius 2 is 1.85 bits per heavy atom. The average molecular weight is 471 g/mol. The van der Waals surface area contributed by atoms with Gasteiger partial charge >= 0.3 is 0 Å². The zero-order valence-corrected chi connectivity index (χ0v) is 19.6. The van der Waals surface area contributed by atoms with Gasteiger partial charge in [-0.2, -0.15) is 0 Å². The summed E-state index contributed by atoms with van der Waals surface area (Å²) in [5.74, 6) is 3.34. The Hall–Kier alpha value is -3.40. The molecular formula is C23H26N4O5S. The first-order chi connectivity index (χ1) is 16.1. The van der Waals surface area contributed by atoms with Crippen LogP contribution in [0.15, 0.2) is 41.6 Å². The minimum absolute atomic E-state index is 0.146. The summed E-state index contributed by atoms with van der Waals surface area (Å²) in [5, 5.41) is 12.2. The summed E-state index contributed by atoms with van der Waals surface area (Å²) in [6.07, 6.45) is 0.830. The monoisotopic (exact) mass is 470 g/mol. The predicted octanol–water partition coefficient (Wildman–Crippen LogP) is 3.87. The van der Waals surface area contributed by atoms with E-state index in [1.165, 1.54) is 11.8 Å². The number of rotatable bonds is 8. The van der Waals surface area contributed by atoms with Gasteiger partial charge in [0, 0.05) is 30.3 Å². The maximum atomic E-state index is 12.6. The molecule has 0 saturated heterocycles. The molecule has 0 atom stereocenters. The summed E-state index contributed by atoms with van der Waals surface area (Å²) in [7, 11) is 3.19.